The van der Waals surface area contributed by atoms with E-state index in [4.69, 9.17) is 4.74 Å². The minimum atomic E-state index is -2.31. The summed E-state index contributed by atoms with van der Waals surface area (Å²) in [4.78, 5) is 0. The van der Waals surface area contributed by atoms with Crippen LogP contribution in [0.25, 0.3) is 0 Å². The Labute approximate surface area is 92.1 Å². The van der Waals surface area contributed by atoms with Gasteiger partial charge in [0.1, 0.15) is 5.75 Å². The van der Waals surface area contributed by atoms with Crippen molar-refractivity contribution in [2.45, 2.75) is 19.8 Å². The van der Waals surface area contributed by atoms with Crippen molar-refractivity contribution in [3.8, 4) is 5.75 Å². The smallest absolute Gasteiger partial charge is 0.143 e. The summed E-state index contributed by atoms with van der Waals surface area (Å²) in [5.74, 6) is 0.565. The summed E-state index contributed by atoms with van der Waals surface area (Å²) in [6.45, 7) is 2.67. The molecule has 0 aliphatic heterocycles. The number of nitrogens with one attached hydrogen (secondary N) is 1. The van der Waals surface area contributed by atoms with Crippen LogP contribution in [0.3, 0.4) is 0 Å². The molecule has 1 N–H and O–H groups in total. The molecule has 0 aliphatic carbocycles. The first-order valence-corrected chi connectivity index (χ1v) is 5.89. The normalized spacial score (nSPS) is 12.1. The molecular formula is C10H14NO3S-. The Morgan fingerprint density at radius 1 is 1.47 bits per heavy atom. The van der Waals surface area contributed by atoms with Crippen LogP contribution in [0, 0.1) is 0 Å². The van der Waals surface area contributed by atoms with E-state index in [1.807, 2.05) is 0 Å². The topological polar surface area (TPSA) is 61.4 Å². The van der Waals surface area contributed by atoms with Crippen LogP contribution < -0.4 is 9.46 Å². The maximum atomic E-state index is 10.5. The van der Waals surface area contributed by atoms with Gasteiger partial charge in [-0.25, -0.2) is 0 Å². The average Bonchev–Trinajstić information content (AvgIpc) is 2.20. The lowest BCUT2D eigenvalue weighted by atomic mass is 10.3. The lowest BCUT2D eigenvalue weighted by Crippen LogP contribution is -2.05. The second-order valence-electron chi connectivity index (χ2n) is 3.03. The van der Waals surface area contributed by atoms with E-state index in [2.05, 4.69) is 11.6 Å². The van der Waals surface area contributed by atoms with Crippen molar-refractivity contribution >= 4 is 17.0 Å². The predicted molar refractivity (Wildman–Crippen MR) is 59.4 cm³/mol. The molecule has 0 spiro atoms. The largest absolute Gasteiger partial charge is 0.755 e. The van der Waals surface area contributed by atoms with Crippen molar-refractivity contribution in [2.24, 2.45) is 0 Å². The minimum Gasteiger partial charge on any atom is -0.755 e. The fraction of sp³-hybridized carbons (Fsp3) is 0.400. The van der Waals surface area contributed by atoms with Crippen molar-refractivity contribution in [2.75, 3.05) is 11.3 Å². The molecule has 15 heavy (non-hydrogen) atoms. The van der Waals surface area contributed by atoms with Crippen LogP contribution in [-0.4, -0.2) is 15.4 Å². The number of anilines is 1. The van der Waals surface area contributed by atoms with E-state index in [1.165, 1.54) is 0 Å². The highest BCUT2D eigenvalue weighted by Crippen LogP contribution is 2.24. The summed E-state index contributed by atoms with van der Waals surface area (Å²) in [5, 5.41) is 0. The predicted octanol–water partition coefficient (Wildman–Crippen LogP) is 2.07. The summed E-state index contributed by atoms with van der Waals surface area (Å²) >= 11 is -2.31. The molecule has 0 aliphatic rings. The molecule has 0 saturated carbocycles. The molecule has 5 heteroatoms. The van der Waals surface area contributed by atoms with Gasteiger partial charge in [0.15, 0.2) is 0 Å². The molecule has 0 aromatic heterocycles. The molecule has 1 aromatic carbocycles. The van der Waals surface area contributed by atoms with Crippen LogP contribution in [0.4, 0.5) is 5.69 Å². The first-order valence-electron chi connectivity index (χ1n) is 4.81. The molecule has 0 fully saturated rings. The van der Waals surface area contributed by atoms with Crippen LogP contribution in [0.15, 0.2) is 24.3 Å². The van der Waals surface area contributed by atoms with Crippen molar-refractivity contribution in [1.29, 1.82) is 0 Å². The summed E-state index contributed by atoms with van der Waals surface area (Å²) in [7, 11) is 0. The van der Waals surface area contributed by atoms with E-state index in [0.717, 1.165) is 12.8 Å². The SMILES string of the molecule is CCCCOc1ccccc1NS(=O)[O-]. The van der Waals surface area contributed by atoms with E-state index in [9.17, 15) is 8.76 Å². The molecule has 0 saturated heterocycles. The summed E-state index contributed by atoms with van der Waals surface area (Å²) in [5.41, 5.74) is 0.474. The standard InChI is InChI=1S/C10H15NO3S/c1-2-3-8-14-10-7-5-4-6-9(10)11-15(12)13/h4-7,11H,2-3,8H2,1H3,(H,12,13)/p-1. The van der Waals surface area contributed by atoms with Gasteiger partial charge in [0.25, 0.3) is 0 Å². The van der Waals surface area contributed by atoms with Crippen LogP contribution in [-0.2, 0) is 11.3 Å². The summed E-state index contributed by atoms with van der Waals surface area (Å²) in [6.07, 6.45) is 2.00. The summed E-state index contributed by atoms with van der Waals surface area (Å²) < 4.78 is 28.7. The molecule has 1 aromatic rings. The Kier molecular flexibility index (Phi) is 5.14. The molecular weight excluding hydrogens is 214 g/mol. The third kappa shape index (κ3) is 4.31. The van der Waals surface area contributed by atoms with Gasteiger partial charge in [0, 0.05) is 11.3 Å². The van der Waals surface area contributed by atoms with Gasteiger partial charge < -0.3 is 14.0 Å². The molecule has 0 bridgehead atoms. The van der Waals surface area contributed by atoms with Crippen LogP contribution in [0.5, 0.6) is 5.75 Å². The molecule has 1 unspecified atom stereocenters. The van der Waals surface area contributed by atoms with Gasteiger partial charge in [-0.3, -0.25) is 4.21 Å². The Morgan fingerprint density at radius 2 is 2.20 bits per heavy atom. The van der Waals surface area contributed by atoms with Gasteiger partial charge in [-0.1, -0.05) is 25.5 Å². The van der Waals surface area contributed by atoms with Crippen LogP contribution in [0.2, 0.25) is 0 Å². The third-order valence-corrected chi connectivity index (χ3v) is 2.22. The molecule has 4 nitrogen and oxygen atoms in total. The van der Waals surface area contributed by atoms with Gasteiger partial charge >= 0.3 is 0 Å². The number of hydrogen-bond donors (Lipinski definition) is 1. The lowest BCUT2D eigenvalue weighted by molar-refractivity contribution is 0.311. The maximum absolute atomic E-state index is 10.5. The number of unbranched alkanes of at least 4 members (excludes halogenated alkanes) is 1. The van der Waals surface area contributed by atoms with Gasteiger partial charge in [-0.15, -0.1) is 0 Å². The van der Waals surface area contributed by atoms with Crippen molar-refractivity contribution < 1.29 is 13.5 Å². The zero-order valence-corrected chi connectivity index (χ0v) is 9.38. The lowest BCUT2D eigenvalue weighted by Gasteiger charge is -2.13. The number of hydrogen-bond acceptors (Lipinski definition) is 3. The summed E-state index contributed by atoms with van der Waals surface area (Å²) in [6, 6.07) is 6.96. The number of rotatable bonds is 6. The zero-order chi connectivity index (χ0) is 11.1. The van der Waals surface area contributed by atoms with E-state index in [-0.39, 0.29) is 0 Å². The second kappa shape index (κ2) is 6.42. The first kappa shape index (κ1) is 12.0. The van der Waals surface area contributed by atoms with Crippen LogP contribution >= 0.6 is 0 Å². The van der Waals surface area contributed by atoms with E-state index >= 15 is 0 Å². The highest BCUT2D eigenvalue weighted by molar-refractivity contribution is 7.80. The highest BCUT2D eigenvalue weighted by atomic mass is 32.2. The van der Waals surface area contributed by atoms with Crippen molar-refractivity contribution in [3.63, 3.8) is 0 Å². The Balaban J connectivity index is 2.64. The van der Waals surface area contributed by atoms with Gasteiger partial charge in [0.2, 0.25) is 0 Å². The average molecular weight is 228 g/mol. The number of ether oxygens (including phenoxy) is 1. The van der Waals surface area contributed by atoms with Crippen LogP contribution in [0.1, 0.15) is 19.8 Å². The molecule has 84 valence electrons. The zero-order valence-electron chi connectivity index (χ0n) is 8.56. The first-order chi connectivity index (χ1) is 7.24. The maximum Gasteiger partial charge on any atom is 0.143 e. The highest BCUT2D eigenvalue weighted by Gasteiger charge is 2.01. The fourth-order valence-corrected chi connectivity index (χ4v) is 1.44. The quantitative estimate of drug-likeness (QED) is 0.599. The second-order valence-corrected chi connectivity index (χ2v) is 3.71. The Bertz CT molecular complexity index is 330. The van der Waals surface area contributed by atoms with Gasteiger partial charge in [-0.2, -0.15) is 0 Å². The van der Waals surface area contributed by atoms with Crippen molar-refractivity contribution in [1.82, 2.24) is 0 Å². The number of para-hydroxylation sites is 2. The van der Waals surface area contributed by atoms with E-state index in [0.29, 0.717) is 18.0 Å². The molecule has 0 radical (unpaired) electrons. The minimum absolute atomic E-state index is 0.474. The Morgan fingerprint density at radius 3 is 2.87 bits per heavy atom. The van der Waals surface area contributed by atoms with Gasteiger partial charge in [-0.05, 0) is 18.6 Å². The van der Waals surface area contributed by atoms with E-state index in [1.54, 1.807) is 24.3 Å². The molecule has 0 heterocycles. The Hall–Kier alpha value is -1.07. The van der Waals surface area contributed by atoms with Crippen molar-refractivity contribution in [3.05, 3.63) is 24.3 Å². The molecule has 1 atom stereocenters. The third-order valence-electron chi connectivity index (χ3n) is 1.84. The molecule has 0 amide bonds. The van der Waals surface area contributed by atoms with E-state index < -0.39 is 11.3 Å². The van der Waals surface area contributed by atoms with Gasteiger partial charge in [0.05, 0.1) is 12.3 Å². The monoisotopic (exact) mass is 228 g/mol. The molecule has 1 rings (SSSR count). The number of benzene rings is 1. The fourth-order valence-electron chi connectivity index (χ4n) is 1.09.